The number of carbonyl (C=O) groups excluding carboxylic acids is 2. The van der Waals surface area contributed by atoms with Crippen LogP contribution in [0.3, 0.4) is 0 Å². The topological polar surface area (TPSA) is 52.6 Å². The minimum Gasteiger partial charge on any atom is -0.421 e. The predicted octanol–water partition coefficient (Wildman–Crippen LogP) is 2.94. The second-order valence-electron chi connectivity index (χ2n) is 5.11. The van der Waals surface area contributed by atoms with E-state index < -0.39 is 23.6 Å². The van der Waals surface area contributed by atoms with E-state index in [1.807, 2.05) is 20.8 Å². The zero-order chi connectivity index (χ0) is 14.5. The average molecular weight is 262 g/mol. The molecule has 0 heterocycles. The van der Waals surface area contributed by atoms with Crippen LogP contribution in [-0.4, -0.2) is 18.2 Å². The van der Waals surface area contributed by atoms with Crippen LogP contribution in [0, 0.1) is 5.41 Å². The highest BCUT2D eigenvalue weighted by atomic mass is 16.7. The van der Waals surface area contributed by atoms with Gasteiger partial charge in [-0.1, -0.05) is 45.5 Å². The van der Waals surface area contributed by atoms with Gasteiger partial charge in [0.15, 0.2) is 0 Å². The van der Waals surface area contributed by atoms with Gasteiger partial charge in [-0.3, -0.25) is 0 Å². The van der Waals surface area contributed by atoms with Gasteiger partial charge in [-0.15, -0.1) is 0 Å². The van der Waals surface area contributed by atoms with Crippen LogP contribution in [0.5, 0.6) is 0 Å². The Hall–Kier alpha value is -2.10. The third-order valence-electron chi connectivity index (χ3n) is 2.32. The maximum Gasteiger partial charge on any atom is 0.341 e. The molecule has 102 valence electrons. The number of carbonyl (C=O) groups is 2. The lowest BCUT2D eigenvalue weighted by atomic mass is 9.96. The van der Waals surface area contributed by atoms with Crippen LogP contribution in [0.15, 0.2) is 43.0 Å². The van der Waals surface area contributed by atoms with Gasteiger partial charge in [0.25, 0.3) is 6.29 Å². The second kappa shape index (κ2) is 6.18. The Bertz CT molecular complexity index is 457. The Morgan fingerprint density at radius 2 is 1.74 bits per heavy atom. The molecule has 0 amide bonds. The van der Waals surface area contributed by atoms with Gasteiger partial charge < -0.3 is 9.47 Å². The predicted molar refractivity (Wildman–Crippen MR) is 71.4 cm³/mol. The van der Waals surface area contributed by atoms with Gasteiger partial charge in [-0.05, 0) is 12.1 Å². The highest BCUT2D eigenvalue weighted by Crippen LogP contribution is 2.24. The molecule has 1 aromatic rings. The fourth-order valence-electron chi connectivity index (χ4n) is 1.27. The van der Waals surface area contributed by atoms with Crippen molar-refractivity contribution in [1.29, 1.82) is 0 Å². The molecule has 4 nitrogen and oxygen atoms in total. The molecule has 1 unspecified atom stereocenters. The summed E-state index contributed by atoms with van der Waals surface area (Å²) in [6, 6.07) is 8.54. The molecule has 0 spiro atoms. The first-order chi connectivity index (χ1) is 8.84. The van der Waals surface area contributed by atoms with Crippen molar-refractivity contribution in [3.63, 3.8) is 0 Å². The smallest absolute Gasteiger partial charge is 0.341 e. The van der Waals surface area contributed by atoms with Crippen molar-refractivity contribution in [2.24, 2.45) is 5.41 Å². The van der Waals surface area contributed by atoms with Gasteiger partial charge >= 0.3 is 11.9 Å². The van der Waals surface area contributed by atoms with E-state index >= 15 is 0 Å². The fraction of sp³-hybridized carbons (Fsp3) is 0.333. The first kappa shape index (κ1) is 15.0. The number of hydrogen-bond acceptors (Lipinski definition) is 4. The van der Waals surface area contributed by atoms with E-state index in [1.165, 1.54) is 0 Å². The van der Waals surface area contributed by atoms with E-state index in [0.717, 1.165) is 6.08 Å². The van der Waals surface area contributed by atoms with Crippen LogP contribution in [0.4, 0.5) is 0 Å². The lowest BCUT2D eigenvalue weighted by Gasteiger charge is -2.29. The summed E-state index contributed by atoms with van der Waals surface area (Å²) in [6.45, 7) is 8.75. The molecule has 4 heteroatoms. The second-order valence-corrected chi connectivity index (χ2v) is 5.11. The molecule has 0 aromatic heterocycles. The van der Waals surface area contributed by atoms with Crippen LogP contribution < -0.4 is 0 Å². The molecule has 0 saturated carbocycles. The number of esters is 2. The van der Waals surface area contributed by atoms with Crippen LogP contribution >= 0.6 is 0 Å². The molecule has 19 heavy (non-hydrogen) atoms. The minimum absolute atomic E-state index is 0.409. The van der Waals surface area contributed by atoms with Crippen molar-refractivity contribution in [3.8, 4) is 0 Å². The maximum atomic E-state index is 11.9. The van der Waals surface area contributed by atoms with Crippen molar-refractivity contribution in [3.05, 3.63) is 48.6 Å². The summed E-state index contributed by atoms with van der Waals surface area (Å²) in [6.07, 6.45) is 0.0699. The molecule has 0 saturated heterocycles. The van der Waals surface area contributed by atoms with Gasteiger partial charge in [-0.25, -0.2) is 9.59 Å². The Labute approximate surface area is 113 Å². The first-order valence-electron chi connectivity index (χ1n) is 5.93. The van der Waals surface area contributed by atoms with Crippen molar-refractivity contribution in [1.82, 2.24) is 0 Å². The van der Waals surface area contributed by atoms with Crippen LogP contribution in [0.2, 0.25) is 0 Å². The molecular weight excluding hydrogens is 244 g/mol. The Morgan fingerprint density at radius 1 is 1.16 bits per heavy atom. The number of ether oxygens (including phenoxy) is 2. The van der Waals surface area contributed by atoms with Crippen molar-refractivity contribution in [2.45, 2.75) is 27.1 Å². The van der Waals surface area contributed by atoms with Gasteiger partial charge in [0.1, 0.15) is 0 Å². The highest BCUT2D eigenvalue weighted by Gasteiger charge is 2.31. The van der Waals surface area contributed by atoms with Crippen molar-refractivity contribution >= 4 is 11.9 Å². The molecule has 0 aliphatic heterocycles. The summed E-state index contributed by atoms with van der Waals surface area (Å²) in [5.41, 5.74) is -0.116. The summed E-state index contributed by atoms with van der Waals surface area (Å²) in [5.74, 6) is -1.15. The Kier molecular flexibility index (Phi) is 4.87. The standard InChI is InChI=1S/C15H18O4/c1-5-12(16)18-14(15(2,3)4)19-13(17)11-9-7-6-8-10-11/h5-10,14H,1H2,2-4H3. The van der Waals surface area contributed by atoms with Gasteiger partial charge in [-0.2, -0.15) is 0 Å². The van der Waals surface area contributed by atoms with Gasteiger partial charge in [0.2, 0.25) is 0 Å². The molecule has 1 atom stereocenters. The lowest BCUT2D eigenvalue weighted by molar-refractivity contribution is -0.181. The Morgan fingerprint density at radius 3 is 2.21 bits per heavy atom. The number of hydrogen-bond donors (Lipinski definition) is 0. The van der Waals surface area contributed by atoms with E-state index in [4.69, 9.17) is 9.47 Å². The van der Waals surface area contributed by atoms with E-state index in [2.05, 4.69) is 6.58 Å². The molecule has 0 radical (unpaired) electrons. The highest BCUT2D eigenvalue weighted by molar-refractivity contribution is 5.89. The third-order valence-corrected chi connectivity index (χ3v) is 2.32. The Balaban J connectivity index is 2.81. The third kappa shape index (κ3) is 4.58. The zero-order valence-electron chi connectivity index (χ0n) is 11.4. The van der Waals surface area contributed by atoms with Crippen molar-refractivity contribution < 1.29 is 19.1 Å². The molecule has 0 aliphatic carbocycles. The lowest BCUT2D eigenvalue weighted by Crippen LogP contribution is -2.35. The number of benzene rings is 1. The largest absolute Gasteiger partial charge is 0.421 e. The van der Waals surface area contributed by atoms with Gasteiger partial charge in [0, 0.05) is 11.5 Å². The summed E-state index contributed by atoms with van der Waals surface area (Å²) >= 11 is 0. The monoisotopic (exact) mass is 262 g/mol. The minimum atomic E-state index is -0.967. The van der Waals surface area contributed by atoms with Crippen molar-refractivity contribution in [2.75, 3.05) is 0 Å². The molecule has 1 rings (SSSR count). The van der Waals surface area contributed by atoms with Crippen LogP contribution in [-0.2, 0) is 14.3 Å². The summed E-state index contributed by atoms with van der Waals surface area (Å²) < 4.78 is 10.3. The molecule has 1 aromatic carbocycles. The fourth-order valence-corrected chi connectivity index (χ4v) is 1.27. The zero-order valence-corrected chi connectivity index (χ0v) is 11.4. The van der Waals surface area contributed by atoms with E-state index in [0.29, 0.717) is 5.56 Å². The van der Waals surface area contributed by atoms with E-state index in [1.54, 1.807) is 30.3 Å². The van der Waals surface area contributed by atoms with E-state index in [-0.39, 0.29) is 0 Å². The number of rotatable bonds is 4. The first-order valence-corrected chi connectivity index (χ1v) is 5.93. The van der Waals surface area contributed by atoms with Crippen LogP contribution in [0.1, 0.15) is 31.1 Å². The van der Waals surface area contributed by atoms with Gasteiger partial charge in [0.05, 0.1) is 5.56 Å². The molecule has 0 N–H and O–H groups in total. The summed E-state index contributed by atoms with van der Waals surface area (Å²) in [7, 11) is 0. The molecule has 0 aliphatic rings. The van der Waals surface area contributed by atoms with Crippen LogP contribution in [0.25, 0.3) is 0 Å². The quantitative estimate of drug-likeness (QED) is 0.475. The molecular formula is C15H18O4. The maximum absolute atomic E-state index is 11.9. The summed E-state index contributed by atoms with van der Waals surface area (Å²) in [4.78, 5) is 23.2. The average Bonchev–Trinajstić information content (AvgIpc) is 2.37. The molecule has 0 fully saturated rings. The normalized spacial score (nSPS) is 12.4. The van der Waals surface area contributed by atoms with E-state index in [9.17, 15) is 9.59 Å². The molecule has 0 bridgehead atoms. The SMILES string of the molecule is C=CC(=O)OC(OC(=O)c1ccccc1)C(C)(C)C. The summed E-state index contributed by atoms with van der Waals surface area (Å²) in [5, 5.41) is 0.